The molecule has 1 aliphatic rings. The van der Waals surface area contributed by atoms with E-state index in [1.165, 1.54) is 0 Å². The Kier molecular flexibility index (Phi) is 5.56. The first-order valence-corrected chi connectivity index (χ1v) is 8.68. The lowest BCUT2D eigenvalue weighted by molar-refractivity contribution is 0.0708. The summed E-state index contributed by atoms with van der Waals surface area (Å²) < 4.78 is 5.18. The van der Waals surface area contributed by atoms with Crippen LogP contribution >= 0.6 is 0 Å². The highest BCUT2D eigenvalue weighted by atomic mass is 16.5. The second kappa shape index (κ2) is 8.03. The third-order valence-corrected chi connectivity index (χ3v) is 4.72. The van der Waals surface area contributed by atoms with Gasteiger partial charge in [-0.1, -0.05) is 12.1 Å². The summed E-state index contributed by atoms with van der Waals surface area (Å²) in [7, 11) is 3.63. The minimum Gasteiger partial charge on any atom is -0.497 e. The Hall–Kier alpha value is -2.53. The van der Waals surface area contributed by atoms with Crippen molar-refractivity contribution in [2.45, 2.75) is 18.9 Å². The molecule has 0 aromatic heterocycles. The molecule has 3 rings (SSSR count). The molecule has 0 unspecified atom stereocenters. The fraction of sp³-hybridized carbons (Fsp3) is 0.350. The maximum atomic E-state index is 13.0. The van der Waals surface area contributed by atoms with Crippen molar-refractivity contribution in [1.29, 1.82) is 0 Å². The van der Waals surface area contributed by atoms with Crippen molar-refractivity contribution in [3.05, 3.63) is 54.1 Å². The normalized spacial score (nSPS) is 15.0. The predicted molar refractivity (Wildman–Crippen MR) is 101 cm³/mol. The summed E-state index contributed by atoms with van der Waals surface area (Å²) in [6.07, 6.45) is 1.99. The van der Waals surface area contributed by atoms with Crippen LogP contribution in [0.15, 0.2) is 48.5 Å². The van der Waals surface area contributed by atoms with Crippen molar-refractivity contribution in [2.75, 3.05) is 32.6 Å². The summed E-state index contributed by atoms with van der Waals surface area (Å²) in [6, 6.07) is 15.9. The van der Waals surface area contributed by atoms with Crippen molar-refractivity contribution in [2.24, 2.45) is 0 Å². The van der Waals surface area contributed by atoms with Crippen LogP contribution in [0.5, 0.6) is 5.75 Å². The van der Waals surface area contributed by atoms with Crippen LogP contribution < -0.4 is 15.4 Å². The molecule has 0 bridgehead atoms. The first kappa shape index (κ1) is 17.3. The molecule has 2 N–H and O–H groups in total. The van der Waals surface area contributed by atoms with Gasteiger partial charge in [-0.3, -0.25) is 4.79 Å². The molecular formula is C20H25N3O2. The molecule has 1 amide bonds. The first-order chi connectivity index (χ1) is 12.2. The number of para-hydroxylation sites is 1. The molecule has 1 aliphatic heterocycles. The van der Waals surface area contributed by atoms with E-state index in [2.05, 4.69) is 10.6 Å². The SMILES string of the molecule is CNC1CCN(C(=O)c2ccccc2Nc2ccc(OC)cc2)CC1. The van der Waals surface area contributed by atoms with E-state index in [1.807, 2.05) is 60.5 Å². The second-order valence-corrected chi connectivity index (χ2v) is 6.25. The van der Waals surface area contributed by atoms with Crippen LogP contribution in [0, 0.1) is 0 Å². The molecule has 5 nitrogen and oxygen atoms in total. The van der Waals surface area contributed by atoms with Gasteiger partial charge in [0.1, 0.15) is 5.75 Å². The molecule has 0 radical (unpaired) electrons. The monoisotopic (exact) mass is 339 g/mol. The van der Waals surface area contributed by atoms with E-state index in [0.29, 0.717) is 11.6 Å². The van der Waals surface area contributed by atoms with Crippen LogP contribution in [-0.4, -0.2) is 44.1 Å². The summed E-state index contributed by atoms with van der Waals surface area (Å²) in [5, 5.41) is 6.64. The van der Waals surface area contributed by atoms with E-state index in [1.54, 1.807) is 7.11 Å². The molecule has 1 fully saturated rings. The standard InChI is InChI=1S/C20H25N3O2/c1-21-15-11-13-23(14-12-15)20(24)18-5-3-4-6-19(18)22-16-7-9-17(25-2)10-8-16/h3-10,15,21-22H,11-14H2,1-2H3. The van der Waals surface area contributed by atoms with Gasteiger partial charge >= 0.3 is 0 Å². The van der Waals surface area contributed by atoms with E-state index >= 15 is 0 Å². The average molecular weight is 339 g/mol. The number of nitrogens with zero attached hydrogens (tertiary/aromatic N) is 1. The van der Waals surface area contributed by atoms with Crippen LogP contribution in [0.1, 0.15) is 23.2 Å². The van der Waals surface area contributed by atoms with Gasteiger partial charge in [0, 0.05) is 24.8 Å². The molecule has 5 heteroatoms. The molecular weight excluding hydrogens is 314 g/mol. The summed E-state index contributed by atoms with van der Waals surface area (Å²) >= 11 is 0. The van der Waals surface area contributed by atoms with E-state index in [4.69, 9.17) is 4.74 Å². The van der Waals surface area contributed by atoms with Crippen LogP contribution in [-0.2, 0) is 0 Å². The van der Waals surface area contributed by atoms with Gasteiger partial charge in [-0.2, -0.15) is 0 Å². The lowest BCUT2D eigenvalue weighted by Crippen LogP contribution is -2.44. The highest BCUT2D eigenvalue weighted by Gasteiger charge is 2.24. The number of hydrogen-bond donors (Lipinski definition) is 2. The van der Waals surface area contributed by atoms with Gasteiger partial charge in [0.25, 0.3) is 5.91 Å². The Morgan fingerprint density at radius 3 is 2.40 bits per heavy atom. The predicted octanol–water partition coefficient (Wildman–Crippen LogP) is 3.26. The number of likely N-dealkylation sites (tertiary alicyclic amines) is 1. The summed E-state index contributed by atoms with van der Waals surface area (Å²) in [5.41, 5.74) is 2.46. The number of amides is 1. The van der Waals surface area contributed by atoms with E-state index in [0.717, 1.165) is 43.1 Å². The number of rotatable bonds is 5. The summed E-state index contributed by atoms with van der Waals surface area (Å²) in [5.74, 6) is 0.897. The molecule has 2 aromatic rings. The van der Waals surface area contributed by atoms with Gasteiger partial charge < -0.3 is 20.3 Å². The fourth-order valence-electron chi connectivity index (χ4n) is 3.15. The Morgan fingerprint density at radius 1 is 1.08 bits per heavy atom. The second-order valence-electron chi connectivity index (χ2n) is 6.25. The Bertz CT molecular complexity index is 707. The smallest absolute Gasteiger partial charge is 0.255 e. The topological polar surface area (TPSA) is 53.6 Å². The number of anilines is 2. The third-order valence-electron chi connectivity index (χ3n) is 4.72. The number of ether oxygens (including phenoxy) is 1. The van der Waals surface area contributed by atoms with Crippen molar-refractivity contribution in [1.82, 2.24) is 10.2 Å². The van der Waals surface area contributed by atoms with Gasteiger partial charge in [0.2, 0.25) is 0 Å². The maximum Gasteiger partial charge on any atom is 0.255 e. The Balaban J connectivity index is 1.75. The zero-order valence-corrected chi connectivity index (χ0v) is 14.8. The zero-order valence-electron chi connectivity index (χ0n) is 14.8. The number of carbonyl (C=O) groups is 1. The first-order valence-electron chi connectivity index (χ1n) is 8.68. The van der Waals surface area contributed by atoms with Crippen LogP contribution in [0.3, 0.4) is 0 Å². The van der Waals surface area contributed by atoms with E-state index in [9.17, 15) is 4.79 Å². The van der Waals surface area contributed by atoms with Crippen molar-refractivity contribution >= 4 is 17.3 Å². The minimum absolute atomic E-state index is 0.0890. The van der Waals surface area contributed by atoms with Crippen molar-refractivity contribution in [3.63, 3.8) is 0 Å². The number of methoxy groups -OCH3 is 1. The summed E-state index contributed by atoms with van der Waals surface area (Å²) in [6.45, 7) is 1.59. The molecule has 132 valence electrons. The van der Waals surface area contributed by atoms with Crippen molar-refractivity contribution < 1.29 is 9.53 Å². The van der Waals surface area contributed by atoms with E-state index < -0.39 is 0 Å². The average Bonchev–Trinajstić information content (AvgIpc) is 2.68. The van der Waals surface area contributed by atoms with Gasteiger partial charge in [-0.05, 0) is 56.3 Å². The van der Waals surface area contributed by atoms with Crippen molar-refractivity contribution in [3.8, 4) is 5.75 Å². The van der Waals surface area contributed by atoms with E-state index in [-0.39, 0.29) is 5.91 Å². The summed E-state index contributed by atoms with van der Waals surface area (Å²) in [4.78, 5) is 14.9. The number of piperidine rings is 1. The van der Waals surface area contributed by atoms with Gasteiger partial charge in [0.05, 0.1) is 18.4 Å². The van der Waals surface area contributed by atoms with Crippen LogP contribution in [0.25, 0.3) is 0 Å². The molecule has 1 heterocycles. The Morgan fingerprint density at radius 2 is 1.76 bits per heavy atom. The zero-order chi connectivity index (χ0) is 17.6. The number of benzene rings is 2. The quantitative estimate of drug-likeness (QED) is 0.878. The minimum atomic E-state index is 0.0890. The highest BCUT2D eigenvalue weighted by molar-refractivity contribution is 6.00. The number of hydrogen-bond acceptors (Lipinski definition) is 4. The van der Waals surface area contributed by atoms with Gasteiger partial charge in [-0.15, -0.1) is 0 Å². The largest absolute Gasteiger partial charge is 0.497 e. The molecule has 0 aliphatic carbocycles. The lowest BCUT2D eigenvalue weighted by atomic mass is 10.0. The van der Waals surface area contributed by atoms with Crippen LogP contribution in [0.4, 0.5) is 11.4 Å². The fourth-order valence-corrected chi connectivity index (χ4v) is 3.15. The molecule has 2 aromatic carbocycles. The van der Waals surface area contributed by atoms with Crippen LogP contribution in [0.2, 0.25) is 0 Å². The molecule has 25 heavy (non-hydrogen) atoms. The maximum absolute atomic E-state index is 13.0. The highest BCUT2D eigenvalue weighted by Crippen LogP contribution is 2.25. The third kappa shape index (κ3) is 4.12. The molecule has 0 atom stereocenters. The molecule has 0 saturated carbocycles. The number of nitrogens with one attached hydrogen (secondary N) is 2. The lowest BCUT2D eigenvalue weighted by Gasteiger charge is -2.32. The number of carbonyl (C=O) groups excluding carboxylic acids is 1. The van der Waals surface area contributed by atoms with Gasteiger partial charge in [0.15, 0.2) is 0 Å². The molecule has 1 saturated heterocycles. The molecule has 0 spiro atoms. The Labute approximate surface area is 149 Å². The van der Waals surface area contributed by atoms with Gasteiger partial charge in [-0.25, -0.2) is 0 Å².